The zero-order valence-electron chi connectivity index (χ0n) is 13.7. The van der Waals surface area contributed by atoms with Gasteiger partial charge in [0.15, 0.2) is 0 Å². The molecule has 130 valence electrons. The van der Waals surface area contributed by atoms with Crippen molar-refractivity contribution in [2.75, 3.05) is 25.2 Å². The van der Waals surface area contributed by atoms with Gasteiger partial charge in [-0.15, -0.1) is 0 Å². The summed E-state index contributed by atoms with van der Waals surface area (Å²) in [7, 11) is 1.31. The van der Waals surface area contributed by atoms with E-state index in [1.54, 1.807) is 28.8 Å². The molecule has 1 fully saturated rings. The number of amides is 1. The van der Waals surface area contributed by atoms with Crippen molar-refractivity contribution in [3.05, 3.63) is 46.8 Å². The van der Waals surface area contributed by atoms with Gasteiger partial charge in [0.1, 0.15) is 5.82 Å². The van der Waals surface area contributed by atoms with Crippen LogP contribution in [0.3, 0.4) is 0 Å². The molecule has 1 aromatic rings. The first-order valence-electron chi connectivity index (χ1n) is 7.61. The fraction of sp³-hybridized carbons (Fsp3) is 0.412. The number of halogens is 1. The van der Waals surface area contributed by atoms with Crippen LogP contribution in [0.1, 0.15) is 24.2 Å². The molecule has 0 radical (unpaired) electrons. The van der Waals surface area contributed by atoms with E-state index in [2.05, 4.69) is 4.74 Å². The molecule has 4 nitrogen and oxygen atoms in total. The summed E-state index contributed by atoms with van der Waals surface area (Å²) >= 11 is 3.00. The summed E-state index contributed by atoms with van der Waals surface area (Å²) in [6, 6.07) is 6.78. The van der Waals surface area contributed by atoms with Crippen LogP contribution in [-0.4, -0.2) is 41.9 Å². The number of methoxy groups -OCH3 is 1. The average Bonchev–Trinajstić information content (AvgIpc) is 2.91. The van der Waals surface area contributed by atoms with Crippen LogP contribution in [0.4, 0.5) is 4.39 Å². The average molecular weight is 369 g/mol. The van der Waals surface area contributed by atoms with Gasteiger partial charge in [0.05, 0.1) is 24.0 Å². The van der Waals surface area contributed by atoms with Gasteiger partial charge >= 0.3 is 5.97 Å². The normalized spacial score (nSPS) is 17.4. The molecule has 24 heavy (non-hydrogen) atoms. The highest BCUT2D eigenvalue weighted by molar-refractivity contribution is 8.04. The number of hydrogen-bond donors (Lipinski definition) is 0. The summed E-state index contributed by atoms with van der Waals surface area (Å²) in [5.41, 5.74) is 0.696. The lowest BCUT2D eigenvalue weighted by Crippen LogP contribution is -2.26. The predicted octanol–water partition coefficient (Wildman–Crippen LogP) is 3.60. The highest BCUT2D eigenvalue weighted by Gasteiger charge is 2.26. The number of nitrogens with zero attached hydrogens (tertiary/aromatic N) is 1. The van der Waals surface area contributed by atoms with Gasteiger partial charge in [-0.1, -0.05) is 30.0 Å². The molecule has 0 aliphatic carbocycles. The standard InChI is InChI=1S/C17H20FNO3S2/c1-12(13-6-3-4-7-14(13)18)23-9-5-8-19-15(20)11-24-16(19)10-17(21)22-2/h3-4,6-7,10,12H,5,8-9,11H2,1-2H3/b16-10+. The summed E-state index contributed by atoms with van der Waals surface area (Å²) in [4.78, 5) is 24.9. The lowest BCUT2D eigenvalue weighted by molar-refractivity contribution is -0.134. The van der Waals surface area contributed by atoms with E-state index in [1.807, 2.05) is 13.0 Å². The van der Waals surface area contributed by atoms with Crippen LogP contribution in [0.25, 0.3) is 0 Å². The Morgan fingerprint density at radius 2 is 2.25 bits per heavy atom. The Labute approximate surface area is 149 Å². The van der Waals surface area contributed by atoms with Gasteiger partial charge in [-0.2, -0.15) is 11.8 Å². The maximum absolute atomic E-state index is 13.7. The Hall–Kier alpha value is -1.47. The van der Waals surface area contributed by atoms with Gasteiger partial charge in [-0.3, -0.25) is 4.79 Å². The number of rotatable bonds is 7. The number of hydrogen-bond acceptors (Lipinski definition) is 5. The Balaban J connectivity index is 1.82. The Bertz CT molecular complexity index is 636. The Morgan fingerprint density at radius 1 is 1.50 bits per heavy atom. The summed E-state index contributed by atoms with van der Waals surface area (Å²) in [5, 5.41) is 0.693. The highest BCUT2D eigenvalue weighted by atomic mass is 32.2. The highest BCUT2D eigenvalue weighted by Crippen LogP contribution is 2.32. The second kappa shape index (κ2) is 9.13. The number of carbonyl (C=O) groups is 2. The molecule has 0 spiro atoms. The minimum absolute atomic E-state index is 0.00213. The largest absolute Gasteiger partial charge is 0.466 e. The van der Waals surface area contributed by atoms with Crippen molar-refractivity contribution in [1.82, 2.24) is 4.90 Å². The summed E-state index contributed by atoms with van der Waals surface area (Å²) < 4.78 is 18.3. The summed E-state index contributed by atoms with van der Waals surface area (Å²) in [6.45, 7) is 2.52. The zero-order chi connectivity index (χ0) is 17.5. The van der Waals surface area contributed by atoms with Crippen molar-refractivity contribution >= 4 is 35.4 Å². The number of thioether (sulfide) groups is 2. The summed E-state index contributed by atoms with van der Waals surface area (Å²) in [5.74, 6) is 0.505. The van der Waals surface area contributed by atoms with E-state index in [9.17, 15) is 14.0 Å². The predicted molar refractivity (Wildman–Crippen MR) is 96.2 cm³/mol. The van der Waals surface area contributed by atoms with Crippen LogP contribution in [0.2, 0.25) is 0 Å². The van der Waals surface area contributed by atoms with Crippen LogP contribution in [0, 0.1) is 5.82 Å². The molecule has 1 aromatic carbocycles. The number of benzene rings is 1. The molecule has 2 rings (SSSR count). The molecule has 0 N–H and O–H groups in total. The van der Waals surface area contributed by atoms with Crippen LogP contribution >= 0.6 is 23.5 Å². The molecule has 0 bridgehead atoms. The maximum Gasteiger partial charge on any atom is 0.333 e. The summed E-state index contributed by atoms with van der Waals surface area (Å²) in [6.07, 6.45) is 2.12. The minimum Gasteiger partial charge on any atom is -0.466 e. The van der Waals surface area contributed by atoms with E-state index in [0.717, 1.165) is 12.2 Å². The van der Waals surface area contributed by atoms with Crippen molar-refractivity contribution in [3.63, 3.8) is 0 Å². The van der Waals surface area contributed by atoms with Gasteiger partial charge in [0, 0.05) is 17.4 Å². The van der Waals surface area contributed by atoms with Crippen LogP contribution in [-0.2, 0) is 14.3 Å². The van der Waals surface area contributed by atoms with E-state index in [1.165, 1.54) is 31.0 Å². The third-order valence-corrected chi connectivity index (χ3v) is 5.89. The molecule has 1 aliphatic rings. The number of esters is 1. The monoisotopic (exact) mass is 369 g/mol. The third-order valence-electron chi connectivity index (χ3n) is 3.59. The molecule has 1 saturated heterocycles. The molecule has 1 heterocycles. The van der Waals surface area contributed by atoms with Crippen LogP contribution in [0.15, 0.2) is 35.4 Å². The van der Waals surface area contributed by atoms with Crippen LogP contribution in [0.5, 0.6) is 0 Å². The van der Waals surface area contributed by atoms with E-state index >= 15 is 0 Å². The quantitative estimate of drug-likeness (QED) is 0.417. The van der Waals surface area contributed by atoms with Gasteiger partial charge < -0.3 is 9.64 Å². The van der Waals surface area contributed by atoms with Crippen molar-refractivity contribution in [1.29, 1.82) is 0 Å². The van der Waals surface area contributed by atoms with E-state index in [0.29, 0.717) is 22.9 Å². The van der Waals surface area contributed by atoms with Gasteiger partial charge in [0.25, 0.3) is 0 Å². The van der Waals surface area contributed by atoms with Crippen molar-refractivity contribution in [2.24, 2.45) is 0 Å². The third kappa shape index (κ3) is 5.01. The topological polar surface area (TPSA) is 46.6 Å². The first-order valence-corrected chi connectivity index (χ1v) is 9.65. The molecule has 0 saturated carbocycles. The second-order valence-electron chi connectivity index (χ2n) is 5.23. The van der Waals surface area contributed by atoms with E-state index in [4.69, 9.17) is 0 Å². The molecule has 1 atom stereocenters. The van der Waals surface area contributed by atoms with Gasteiger partial charge in [0.2, 0.25) is 5.91 Å². The molecule has 1 unspecified atom stereocenters. The molecule has 0 aromatic heterocycles. The molecule has 7 heteroatoms. The molecular weight excluding hydrogens is 349 g/mol. The maximum atomic E-state index is 13.7. The number of ether oxygens (including phenoxy) is 1. The van der Waals surface area contributed by atoms with Gasteiger partial charge in [-0.05, 0) is 25.2 Å². The minimum atomic E-state index is -0.459. The van der Waals surface area contributed by atoms with E-state index in [-0.39, 0.29) is 17.0 Å². The molecular formula is C17H20FNO3S2. The van der Waals surface area contributed by atoms with Crippen molar-refractivity contribution in [2.45, 2.75) is 18.6 Å². The fourth-order valence-corrected chi connectivity index (χ4v) is 4.28. The van der Waals surface area contributed by atoms with Crippen LogP contribution < -0.4 is 0 Å². The van der Waals surface area contributed by atoms with Crippen molar-refractivity contribution < 1.29 is 18.7 Å². The lowest BCUT2D eigenvalue weighted by Gasteiger charge is -2.17. The first kappa shape index (κ1) is 18.9. The smallest absolute Gasteiger partial charge is 0.333 e. The van der Waals surface area contributed by atoms with E-state index < -0.39 is 5.97 Å². The molecule has 1 amide bonds. The second-order valence-corrected chi connectivity index (χ2v) is 7.67. The zero-order valence-corrected chi connectivity index (χ0v) is 15.3. The molecule has 1 aliphatic heterocycles. The Morgan fingerprint density at radius 3 is 2.96 bits per heavy atom. The Kier molecular flexibility index (Phi) is 7.17. The fourth-order valence-electron chi connectivity index (χ4n) is 2.31. The first-order chi connectivity index (χ1) is 11.5. The van der Waals surface area contributed by atoms with Gasteiger partial charge in [-0.25, -0.2) is 9.18 Å². The SMILES string of the molecule is COC(=O)/C=C1/SCC(=O)N1CCCSC(C)c1ccccc1F. The lowest BCUT2D eigenvalue weighted by atomic mass is 10.1. The number of carbonyl (C=O) groups excluding carboxylic acids is 2. The van der Waals surface area contributed by atoms with Crippen molar-refractivity contribution in [3.8, 4) is 0 Å².